The molecule has 1 aromatic rings. The lowest BCUT2D eigenvalue weighted by Crippen LogP contribution is -2.20. The molecule has 0 aromatic carbocycles. The number of pyridine rings is 1. The third-order valence-corrected chi connectivity index (χ3v) is 2.68. The molecule has 0 fully saturated rings. The molecule has 96 valence electrons. The van der Waals surface area contributed by atoms with Crippen LogP contribution in [-0.2, 0) is 12.0 Å². The maximum atomic E-state index is 4.71. The SMILES string of the molecule is CCNCc1cc(N(C)C)nc(C(C)(C)C)c1. The van der Waals surface area contributed by atoms with Crippen LogP contribution in [0.4, 0.5) is 5.82 Å². The van der Waals surface area contributed by atoms with E-state index in [1.54, 1.807) is 0 Å². The molecule has 0 spiro atoms. The monoisotopic (exact) mass is 235 g/mol. The van der Waals surface area contributed by atoms with Gasteiger partial charge in [-0.2, -0.15) is 0 Å². The molecular weight excluding hydrogens is 210 g/mol. The van der Waals surface area contributed by atoms with Crippen LogP contribution in [0.25, 0.3) is 0 Å². The minimum Gasteiger partial charge on any atom is -0.363 e. The highest BCUT2D eigenvalue weighted by Gasteiger charge is 2.17. The second-order valence-corrected chi connectivity index (χ2v) is 5.64. The lowest BCUT2D eigenvalue weighted by atomic mass is 9.90. The van der Waals surface area contributed by atoms with Gasteiger partial charge in [0.15, 0.2) is 0 Å². The van der Waals surface area contributed by atoms with Crippen LogP contribution in [-0.4, -0.2) is 25.6 Å². The Morgan fingerprint density at radius 2 is 1.88 bits per heavy atom. The summed E-state index contributed by atoms with van der Waals surface area (Å²) in [6.07, 6.45) is 0. The molecule has 1 aromatic heterocycles. The van der Waals surface area contributed by atoms with Crippen molar-refractivity contribution in [2.75, 3.05) is 25.5 Å². The molecule has 0 saturated heterocycles. The molecule has 0 aliphatic heterocycles. The molecule has 0 saturated carbocycles. The average molecular weight is 235 g/mol. The minimum absolute atomic E-state index is 0.0903. The molecule has 0 atom stereocenters. The standard InChI is InChI=1S/C14H25N3/c1-7-15-10-11-8-12(14(2,3)4)16-13(9-11)17(5)6/h8-9,15H,7,10H2,1-6H3. The normalized spacial score (nSPS) is 11.6. The second kappa shape index (κ2) is 5.50. The van der Waals surface area contributed by atoms with Crippen LogP contribution in [0.3, 0.4) is 0 Å². The Hall–Kier alpha value is -1.09. The first-order valence-electron chi connectivity index (χ1n) is 6.24. The number of anilines is 1. The van der Waals surface area contributed by atoms with Crippen LogP contribution in [0.1, 0.15) is 39.0 Å². The summed E-state index contributed by atoms with van der Waals surface area (Å²) in [5.41, 5.74) is 2.54. The van der Waals surface area contributed by atoms with E-state index in [1.807, 2.05) is 14.1 Å². The van der Waals surface area contributed by atoms with E-state index in [9.17, 15) is 0 Å². The van der Waals surface area contributed by atoms with Crippen molar-refractivity contribution in [3.63, 3.8) is 0 Å². The summed E-state index contributed by atoms with van der Waals surface area (Å²) in [5, 5.41) is 3.36. The molecule has 0 bridgehead atoms. The van der Waals surface area contributed by atoms with Crippen LogP contribution < -0.4 is 10.2 Å². The van der Waals surface area contributed by atoms with E-state index >= 15 is 0 Å². The molecule has 0 aliphatic rings. The summed E-state index contributed by atoms with van der Waals surface area (Å²) in [4.78, 5) is 6.77. The summed E-state index contributed by atoms with van der Waals surface area (Å²) in [6, 6.07) is 4.35. The third-order valence-electron chi connectivity index (χ3n) is 2.68. The van der Waals surface area contributed by atoms with Gasteiger partial charge in [0.05, 0.1) is 0 Å². The molecular formula is C14H25N3. The number of hydrogen-bond acceptors (Lipinski definition) is 3. The van der Waals surface area contributed by atoms with Crippen molar-refractivity contribution in [3.8, 4) is 0 Å². The van der Waals surface area contributed by atoms with Crippen molar-refractivity contribution < 1.29 is 0 Å². The summed E-state index contributed by atoms with van der Waals surface area (Å²) in [5.74, 6) is 1.03. The molecule has 1 rings (SSSR count). The first-order valence-corrected chi connectivity index (χ1v) is 6.24. The second-order valence-electron chi connectivity index (χ2n) is 5.64. The van der Waals surface area contributed by atoms with Gasteiger partial charge in [0.2, 0.25) is 0 Å². The Morgan fingerprint density at radius 1 is 1.24 bits per heavy atom. The molecule has 17 heavy (non-hydrogen) atoms. The van der Waals surface area contributed by atoms with E-state index in [2.05, 4.69) is 50.0 Å². The Morgan fingerprint density at radius 3 is 2.35 bits per heavy atom. The lowest BCUT2D eigenvalue weighted by molar-refractivity contribution is 0.566. The Bertz CT molecular complexity index is 364. The summed E-state index contributed by atoms with van der Waals surface area (Å²) >= 11 is 0. The molecule has 1 heterocycles. The van der Waals surface area contributed by atoms with E-state index in [4.69, 9.17) is 4.98 Å². The first kappa shape index (κ1) is 14.0. The maximum absolute atomic E-state index is 4.71. The zero-order valence-corrected chi connectivity index (χ0v) is 12.0. The number of aromatic nitrogens is 1. The van der Waals surface area contributed by atoms with Crippen molar-refractivity contribution in [1.82, 2.24) is 10.3 Å². The van der Waals surface area contributed by atoms with Crippen LogP contribution in [0, 0.1) is 0 Å². The topological polar surface area (TPSA) is 28.2 Å². The van der Waals surface area contributed by atoms with E-state index in [0.717, 1.165) is 24.6 Å². The molecule has 0 radical (unpaired) electrons. The maximum Gasteiger partial charge on any atom is 0.128 e. The van der Waals surface area contributed by atoms with Gasteiger partial charge < -0.3 is 10.2 Å². The van der Waals surface area contributed by atoms with Gasteiger partial charge in [-0.05, 0) is 24.2 Å². The van der Waals surface area contributed by atoms with Crippen molar-refractivity contribution in [2.45, 2.75) is 39.7 Å². The zero-order chi connectivity index (χ0) is 13.1. The fourth-order valence-electron chi connectivity index (χ4n) is 1.56. The predicted octanol–water partition coefficient (Wildman–Crippen LogP) is 2.55. The first-order chi connectivity index (χ1) is 7.84. The summed E-state index contributed by atoms with van der Waals surface area (Å²) in [6.45, 7) is 10.6. The summed E-state index contributed by atoms with van der Waals surface area (Å²) < 4.78 is 0. The van der Waals surface area contributed by atoms with Gasteiger partial charge in [0, 0.05) is 31.7 Å². The van der Waals surface area contributed by atoms with Gasteiger partial charge in [-0.25, -0.2) is 4.98 Å². The van der Waals surface area contributed by atoms with E-state index in [0.29, 0.717) is 0 Å². The quantitative estimate of drug-likeness (QED) is 0.869. The van der Waals surface area contributed by atoms with Gasteiger partial charge in [0.25, 0.3) is 0 Å². The fraction of sp³-hybridized carbons (Fsp3) is 0.643. The van der Waals surface area contributed by atoms with E-state index in [1.165, 1.54) is 5.56 Å². The molecule has 3 heteroatoms. The minimum atomic E-state index is 0.0903. The van der Waals surface area contributed by atoms with E-state index in [-0.39, 0.29) is 5.41 Å². The lowest BCUT2D eigenvalue weighted by Gasteiger charge is -2.22. The van der Waals surface area contributed by atoms with E-state index < -0.39 is 0 Å². The predicted molar refractivity (Wildman–Crippen MR) is 74.6 cm³/mol. The highest BCUT2D eigenvalue weighted by Crippen LogP contribution is 2.24. The van der Waals surface area contributed by atoms with Gasteiger partial charge in [-0.1, -0.05) is 27.7 Å². The van der Waals surface area contributed by atoms with Gasteiger partial charge in [-0.3, -0.25) is 0 Å². The number of nitrogens with one attached hydrogen (secondary N) is 1. The molecule has 0 amide bonds. The zero-order valence-electron chi connectivity index (χ0n) is 12.0. The fourth-order valence-corrected chi connectivity index (χ4v) is 1.56. The number of rotatable bonds is 4. The van der Waals surface area contributed by atoms with Crippen molar-refractivity contribution in [2.24, 2.45) is 0 Å². The highest BCUT2D eigenvalue weighted by molar-refractivity contribution is 5.42. The van der Waals surface area contributed by atoms with Crippen LogP contribution in [0.2, 0.25) is 0 Å². The van der Waals surface area contributed by atoms with Gasteiger partial charge in [-0.15, -0.1) is 0 Å². The van der Waals surface area contributed by atoms with Crippen LogP contribution in [0.15, 0.2) is 12.1 Å². The summed E-state index contributed by atoms with van der Waals surface area (Å²) in [7, 11) is 4.07. The average Bonchev–Trinajstić information content (AvgIpc) is 2.24. The molecule has 0 aliphatic carbocycles. The Balaban J connectivity index is 3.10. The molecule has 0 unspecified atom stereocenters. The van der Waals surface area contributed by atoms with Gasteiger partial charge in [0.1, 0.15) is 5.82 Å². The number of nitrogens with zero attached hydrogens (tertiary/aromatic N) is 2. The highest BCUT2D eigenvalue weighted by atomic mass is 15.1. The Kier molecular flexibility index (Phi) is 4.52. The van der Waals surface area contributed by atoms with Crippen LogP contribution in [0.5, 0.6) is 0 Å². The smallest absolute Gasteiger partial charge is 0.128 e. The molecule has 3 nitrogen and oxygen atoms in total. The number of hydrogen-bond donors (Lipinski definition) is 1. The Labute approximate surface area is 105 Å². The largest absolute Gasteiger partial charge is 0.363 e. The third kappa shape index (κ3) is 4.00. The van der Waals surface area contributed by atoms with Crippen molar-refractivity contribution >= 4 is 5.82 Å². The van der Waals surface area contributed by atoms with Crippen molar-refractivity contribution in [3.05, 3.63) is 23.4 Å². The van der Waals surface area contributed by atoms with Crippen molar-refractivity contribution in [1.29, 1.82) is 0 Å². The molecule has 1 N–H and O–H groups in total. The van der Waals surface area contributed by atoms with Gasteiger partial charge >= 0.3 is 0 Å². The van der Waals surface area contributed by atoms with Crippen LogP contribution >= 0.6 is 0 Å².